The van der Waals surface area contributed by atoms with E-state index in [9.17, 15) is 12.8 Å². The lowest BCUT2D eigenvalue weighted by atomic mass is 10.1. The molecule has 0 amide bonds. The second-order valence-corrected chi connectivity index (χ2v) is 10.2. The van der Waals surface area contributed by atoms with Gasteiger partial charge in [0.2, 0.25) is 21.9 Å². The number of sulfonamides is 1. The van der Waals surface area contributed by atoms with E-state index in [1.165, 1.54) is 16.6 Å². The minimum Gasteiger partial charge on any atom is -0.464 e. The Kier molecular flexibility index (Phi) is 7.63. The molecule has 186 valence electrons. The van der Waals surface area contributed by atoms with Crippen LogP contribution >= 0.6 is 0 Å². The summed E-state index contributed by atoms with van der Waals surface area (Å²) in [5.41, 5.74) is 1.12. The first-order chi connectivity index (χ1) is 16.3. The van der Waals surface area contributed by atoms with E-state index in [2.05, 4.69) is 25.6 Å². The second kappa shape index (κ2) is 10.7. The Morgan fingerprint density at radius 2 is 1.82 bits per heavy atom. The Morgan fingerprint density at radius 3 is 2.50 bits per heavy atom. The van der Waals surface area contributed by atoms with Crippen molar-refractivity contribution < 1.29 is 22.3 Å². The predicted molar refractivity (Wildman–Crippen MR) is 127 cm³/mol. The summed E-state index contributed by atoms with van der Waals surface area (Å²) < 4.78 is 50.3. The summed E-state index contributed by atoms with van der Waals surface area (Å²) >= 11 is 0. The van der Waals surface area contributed by atoms with Gasteiger partial charge in [0.15, 0.2) is 0 Å². The van der Waals surface area contributed by atoms with Gasteiger partial charge < -0.3 is 25.0 Å². The molecule has 0 bridgehead atoms. The van der Waals surface area contributed by atoms with Crippen LogP contribution in [-0.4, -0.2) is 86.0 Å². The van der Waals surface area contributed by atoms with Gasteiger partial charge in [-0.3, -0.25) is 0 Å². The molecule has 1 aromatic heterocycles. The predicted octanol–water partition coefficient (Wildman–Crippen LogP) is 1.83. The molecule has 2 N–H and O–H groups in total. The van der Waals surface area contributed by atoms with E-state index in [4.69, 9.17) is 9.47 Å². The van der Waals surface area contributed by atoms with Gasteiger partial charge in [-0.15, -0.1) is 0 Å². The van der Waals surface area contributed by atoms with Crippen LogP contribution < -0.4 is 20.3 Å². The molecule has 1 aromatic carbocycles. The summed E-state index contributed by atoms with van der Waals surface area (Å²) in [4.78, 5) is 15.0. The molecule has 0 spiro atoms. The number of morpholine rings is 1. The molecular weight excluding hydrogens is 465 g/mol. The largest absolute Gasteiger partial charge is 0.464 e. The van der Waals surface area contributed by atoms with Crippen molar-refractivity contribution in [2.45, 2.75) is 25.8 Å². The number of nitrogens with one attached hydrogen (secondary N) is 2. The molecule has 34 heavy (non-hydrogen) atoms. The number of hydrogen-bond acceptors (Lipinski definition) is 10. The van der Waals surface area contributed by atoms with E-state index in [1.54, 1.807) is 12.1 Å². The molecule has 2 aliphatic rings. The molecule has 0 saturated carbocycles. The fraction of sp³-hybridized carbons (Fsp3) is 0.571. The maximum absolute atomic E-state index is 14.5. The van der Waals surface area contributed by atoms with Crippen LogP contribution in [-0.2, 0) is 14.8 Å². The first-order valence-corrected chi connectivity index (χ1v) is 13.2. The minimum absolute atomic E-state index is 0.0153. The van der Waals surface area contributed by atoms with Crippen molar-refractivity contribution in [2.75, 3.05) is 67.8 Å². The highest BCUT2D eigenvalue weighted by Crippen LogP contribution is 2.27. The van der Waals surface area contributed by atoms with Gasteiger partial charge in [0.05, 0.1) is 31.8 Å². The third-order valence-electron chi connectivity index (χ3n) is 5.70. The number of anilines is 4. The minimum atomic E-state index is -3.20. The first-order valence-electron chi connectivity index (χ1n) is 11.3. The average Bonchev–Trinajstić information content (AvgIpc) is 2.81. The van der Waals surface area contributed by atoms with Gasteiger partial charge in [-0.25, -0.2) is 17.1 Å². The molecular formula is C21H30FN7O4S. The second-order valence-electron chi connectivity index (χ2n) is 8.17. The highest BCUT2D eigenvalue weighted by molar-refractivity contribution is 7.88. The maximum atomic E-state index is 14.5. The fourth-order valence-corrected chi connectivity index (χ4v) is 4.83. The SMILES string of the molecule is CCOc1nc(Nc2ccc(F)c(N3CCOCC3)c2)nc(NC2CCN(S(C)(=O)=O)CC2)n1. The van der Waals surface area contributed by atoms with Gasteiger partial charge in [0.1, 0.15) is 5.82 Å². The number of halogens is 1. The van der Waals surface area contributed by atoms with Gasteiger partial charge in [0, 0.05) is 37.9 Å². The zero-order valence-corrected chi connectivity index (χ0v) is 20.1. The van der Waals surface area contributed by atoms with Crippen LogP contribution in [0.2, 0.25) is 0 Å². The van der Waals surface area contributed by atoms with Crippen LogP contribution in [0.5, 0.6) is 6.01 Å². The van der Waals surface area contributed by atoms with E-state index in [0.29, 0.717) is 76.2 Å². The van der Waals surface area contributed by atoms with Crippen LogP contribution in [0, 0.1) is 5.82 Å². The third-order valence-corrected chi connectivity index (χ3v) is 7.00. The molecule has 2 aliphatic heterocycles. The lowest BCUT2D eigenvalue weighted by molar-refractivity contribution is 0.122. The lowest BCUT2D eigenvalue weighted by Gasteiger charge is -2.30. The van der Waals surface area contributed by atoms with Crippen molar-refractivity contribution in [3.8, 4) is 6.01 Å². The van der Waals surface area contributed by atoms with Gasteiger partial charge >= 0.3 is 6.01 Å². The van der Waals surface area contributed by atoms with Crippen molar-refractivity contribution >= 4 is 33.3 Å². The van der Waals surface area contributed by atoms with E-state index in [1.807, 2.05) is 11.8 Å². The molecule has 13 heteroatoms. The summed E-state index contributed by atoms with van der Waals surface area (Å²) in [7, 11) is -3.20. The highest BCUT2D eigenvalue weighted by Gasteiger charge is 2.25. The number of rotatable bonds is 8. The summed E-state index contributed by atoms with van der Waals surface area (Å²) in [6.07, 6.45) is 2.48. The first kappa shape index (κ1) is 24.4. The average molecular weight is 496 g/mol. The highest BCUT2D eigenvalue weighted by atomic mass is 32.2. The molecule has 0 atom stereocenters. The number of aromatic nitrogens is 3. The molecule has 3 heterocycles. The quantitative estimate of drug-likeness (QED) is 0.561. The van der Waals surface area contributed by atoms with Crippen molar-refractivity contribution in [2.24, 2.45) is 0 Å². The Morgan fingerprint density at radius 1 is 1.12 bits per heavy atom. The number of ether oxygens (including phenoxy) is 2. The zero-order chi connectivity index (χ0) is 24.1. The molecule has 0 unspecified atom stereocenters. The number of benzene rings is 1. The molecule has 2 aromatic rings. The van der Waals surface area contributed by atoms with Gasteiger partial charge in [0.25, 0.3) is 0 Å². The Labute approximate surface area is 198 Å². The van der Waals surface area contributed by atoms with Crippen molar-refractivity contribution in [1.82, 2.24) is 19.3 Å². The van der Waals surface area contributed by atoms with E-state index in [-0.39, 0.29) is 23.8 Å². The summed E-state index contributed by atoms with van der Waals surface area (Å²) in [5, 5.41) is 6.38. The standard InChI is InChI=1S/C21H30FN7O4S/c1-3-33-21-26-19(23-15-6-8-29(9-7-15)34(2,30)31)25-20(27-21)24-16-4-5-17(22)18(14-16)28-10-12-32-13-11-28/h4-5,14-15H,3,6-13H2,1-2H3,(H2,23,24,25,26,27). The molecule has 0 aliphatic carbocycles. The third kappa shape index (κ3) is 6.21. The van der Waals surface area contributed by atoms with Crippen LogP contribution in [0.1, 0.15) is 19.8 Å². The number of hydrogen-bond donors (Lipinski definition) is 2. The van der Waals surface area contributed by atoms with E-state index < -0.39 is 10.0 Å². The van der Waals surface area contributed by atoms with Crippen LogP contribution in [0.3, 0.4) is 0 Å². The van der Waals surface area contributed by atoms with E-state index >= 15 is 0 Å². The van der Waals surface area contributed by atoms with Crippen LogP contribution in [0.15, 0.2) is 18.2 Å². The molecule has 11 nitrogen and oxygen atoms in total. The molecule has 4 rings (SSSR count). The van der Waals surface area contributed by atoms with Crippen molar-refractivity contribution in [3.63, 3.8) is 0 Å². The molecule has 2 saturated heterocycles. The fourth-order valence-electron chi connectivity index (χ4n) is 3.95. The Hall–Kier alpha value is -2.77. The normalized spacial score (nSPS) is 18.0. The van der Waals surface area contributed by atoms with Gasteiger partial charge in [-0.2, -0.15) is 15.0 Å². The summed E-state index contributed by atoms with van der Waals surface area (Å²) in [6, 6.07) is 4.93. The van der Waals surface area contributed by atoms with Crippen LogP contribution in [0.25, 0.3) is 0 Å². The Balaban J connectivity index is 1.49. The molecule has 0 radical (unpaired) electrons. The Bertz CT molecular complexity index is 1090. The lowest BCUT2D eigenvalue weighted by Crippen LogP contribution is -2.42. The van der Waals surface area contributed by atoms with Gasteiger partial charge in [-0.1, -0.05) is 0 Å². The number of piperidine rings is 1. The maximum Gasteiger partial charge on any atom is 0.323 e. The van der Waals surface area contributed by atoms with Gasteiger partial charge in [-0.05, 0) is 38.0 Å². The topological polar surface area (TPSA) is 122 Å². The monoisotopic (exact) mass is 495 g/mol. The van der Waals surface area contributed by atoms with Crippen molar-refractivity contribution in [3.05, 3.63) is 24.0 Å². The summed E-state index contributed by atoms with van der Waals surface area (Å²) in [6.45, 7) is 5.43. The number of nitrogens with zero attached hydrogens (tertiary/aromatic N) is 5. The smallest absolute Gasteiger partial charge is 0.323 e. The van der Waals surface area contributed by atoms with Crippen LogP contribution in [0.4, 0.5) is 27.7 Å². The summed E-state index contributed by atoms with van der Waals surface area (Å²) in [5.74, 6) is 0.282. The molecule has 2 fully saturated rings. The zero-order valence-electron chi connectivity index (χ0n) is 19.3. The van der Waals surface area contributed by atoms with Crippen molar-refractivity contribution in [1.29, 1.82) is 0 Å². The van der Waals surface area contributed by atoms with E-state index in [0.717, 1.165) is 0 Å².